The molecule has 4 saturated heterocycles. The first-order valence-corrected chi connectivity index (χ1v) is 9.51. The van der Waals surface area contributed by atoms with Crippen LogP contribution in [0.15, 0.2) is 0 Å². The van der Waals surface area contributed by atoms with Gasteiger partial charge in [-0.05, 0) is 31.6 Å². The second kappa shape index (κ2) is 7.44. The molecule has 6 atom stereocenters. The van der Waals surface area contributed by atoms with Gasteiger partial charge >= 0.3 is 0 Å². The standard InChI is InChI=1S/C18H27N3O4.ClH/c1-10-4-6-20(11(8-10)9-19)14(22)5-7-21-17(23)15-12-2-3-13(25-12)16(15)18(21)24;/h10-13,15-16H,2-9,19H2,1H3;1H. The van der Waals surface area contributed by atoms with E-state index in [1.807, 2.05) is 4.90 Å². The monoisotopic (exact) mass is 385 g/mol. The highest BCUT2D eigenvalue weighted by atomic mass is 35.5. The number of amides is 3. The van der Waals surface area contributed by atoms with Crippen molar-refractivity contribution in [1.82, 2.24) is 9.80 Å². The smallest absolute Gasteiger partial charge is 0.235 e. The Labute approximate surface area is 160 Å². The van der Waals surface area contributed by atoms with Crippen LogP contribution in [0, 0.1) is 17.8 Å². The van der Waals surface area contributed by atoms with Crippen molar-refractivity contribution in [2.75, 3.05) is 19.6 Å². The number of likely N-dealkylation sites (tertiary alicyclic amines) is 2. The van der Waals surface area contributed by atoms with E-state index in [0.717, 1.165) is 25.7 Å². The average molecular weight is 386 g/mol. The van der Waals surface area contributed by atoms with Gasteiger partial charge in [0.25, 0.3) is 0 Å². The minimum absolute atomic E-state index is 0. The predicted octanol–water partition coefficient (Wildman–Crippen LogP) is 0.547. The van der Waals surface area contributed by atoms with Crippen LogP contribution in [0.4, 0.5) is 0 Å². The van der Waals surface area contributed by atoms with Crippen molar-refractivity contribution in [1.29, 1.82) is 0 Å². The number of piperidine rings is 1. The van der Waals surface area contributed by atoms with Gasteiger partial charge in [-0.1, -0.05) is 6.92 Å². The summed E-state index contributed by atoms with van der Waals surface area (Å²) in [4.78, 5) is 41.0. The first-order valence-electron chi connectivity index (χ1n) is 9.51. The van der Waals surface area contributed by atoms with Crippen LogP contribution in [0.1, 0.15) is 39.0 Å². The Hall–Kier alpha value is -1.18. The third-order valence-electron chi connectivity index (χ3n) is 6.50. The van der Waals surface area contributed by atoms with E-state index in [9.17, 15) is 14.4 Å². The summed E-state index contributed by atoms with van der Waals surface area (Å²) in [6.07, 6.45) is 3.62. The lowest BCUT2D eigenvalue weighted by molar-refractivity contribution is -0.143. The van der Waals surface area contributed by atoms with Gasteiger partial charge in [-0.2, -0.15) is 0 Å². The summed E-state index contributed by atoms with van der Waals surface area (Å²) in [5.74, 6) is -0.327. The number of ether oxygens (including phenoxy) is 1. The summed E-state index contributed by atoms with van der Waals surface area (Å²) in [6, 6.07) is 0.0739. The van der Waals surface area contributed by atoms with Crippen molar-refractivity contribution in [3.8, 4) is 0 Å². The van der Waals surface area contributed by atoms with E-state index in [2.05, 4.69) is 6.92 Å². The highest BCUT2D eigenvalue weighted by Gasteiger charge is 2.62. The number of imide groups is 1. The fourth-order valence-corrected chi connectivity index (χ4v) is 5.15. The third-order valence-corrected chi connectivity index (χ3v) is 6.50. The fourth-order valence-electron chi connectivity index (χ4n) is 5.15. The molecule has 0 aliphatic carbocycles. The molecule has 0 aromatic rings. The van der Waals surface area contributed by atoms with Gasteiger partial charge in [0.1, 0.15) is 0 Å². The van der Waals surface area contributed by atoms with Crippen molar-refractivity contribution in [3.63, 3.8) is 0 Å². The highest BCUT2D eigenvalue weighted by molar-refractivity contribution is 6.06. The SMILES string of the molecule is CC1CCN(C(=O)CCN2C(=O)C3C4CCC(O4)C3C2=O)C(CN)C1.Cl. The molecule has 4 rings (SSSR count). The lowest BCUT2D eigenvalue weighted by Gasteiger charge is -2.38. The molecule has 7 nitrogen and oxygen atoms in total. The molecule has 146 valence electrons. The van der Waals surface area contributed by atoms with Crippen LogP contribution in [0.2, 0.25) is 0 Å². The van der Waals surface area contributed by atoms with Crippen LogP contribution >= 0.6 is 12.4 Å². The summed E-state index contributed by atoms with van der Waals surface area (Å²) < 4.78 is 5.73. The van der Waals surface area contributed by atoms with Crippen molar-refractivity contribution >= 4 is 30.1 Å². The number of fused-ring (bicyclic) bond motifs is 5. The second-order valence-electron chi connectivity index (χ2n) is 8.03. The van der Waals surface area contributed by atoms with E-state index in [-0.39, 0.29) is 73.2 Å². The van der Waals surface area contributed by atoms with Crippen molar-refractivity contribution < 1.29 is 19.1 Å². The predicted molar refractivity (Wildman–Crippen MR) is 96.4 cm³/mol. The number of rotatable bonds is 4. The molecular formula is C18H28ClN3O4. The minimum Gasteiger partial charge on any atom is -0.373 e. The van der Waals surface area contributed by atoms with Gasteiger partial charge < -0.3 is 15.4 Å². The van der Waals surface area contributed by atoms with E-state index in [0.29, 0.717) is 19.0 Å². The zero-order chi connectivity index (χ0) is 17.7. The topological polar surface area (TPSA) is 92.9 Å². The summed E-state index contributed by atoms with van der Waals surface area (Å²) in [6.45, 7) is 3.54. The van der Waals surface area contributed by atoms with E-state index >= 15 is 0 Å². The van der Waals surface area contributed by atoms with E-state index < -0.39 is 0 Å². The van der Waals surface area contributed by atoms with E-state index in [1.54, 1.807) is 0 Å². The molecule has 2 bridgehead atoms. The van der Waals surface area contributed by atoms with E-state index in [1.165, 1.54) is 4.90 Å². The van der Waals surface area contributed by atoms with Gasteiger partial charge in [-0.3, -0.25) is 19.3 Å². The molecule has 6 unspecified atom stereocenters. The molecule has 8 heteroatoms. The van der Waals surface area contributed by atoms with Crippen molar-refractivity contribution in [3.05, 3.63) is 0 Å². The highest BCUT2D eigenvalue weighted by Crippen LogP contribution is 2.48. The zero-order valence-corrected chi connectivity index (χ0v) is 16.0. The van der Waals surface area contributed by atoms with Gasteiger partial charge in [-0.15, -0.1) is 12.4 Å². The number of nitrogens with two attached hydrogens (primary N) is 1. The fraction of sp³-hybridized carbons (Fsp3) is 0.833. The van der Waals surface area contributed by atoms with Crippen molar-refractivity contribution in [2.24, 2.45) is 23.5 Å². The molecule has 0 radical (unpaired) electrons. The number of carbonyl (C=O) groups excluding carboxylic acids is 3. The molecule has 26 heavy (non-hydrogen) atoms. The minimum atomic E-state index is -0.311. The first kappa shape index (κ1) is 19.6. The number of hydrogen-bond donors (Lipinski definition) is 1. The second-order valence-corrected chi connectivity index (χ2v) is 8.03. The summed E-state index contributed by atoms with van der Waals surface area (Å²) in [7, 11) is 0. The first-order chi connectivity index (χ1) is 12.0. The maximum atomic E-state index is 12.6. The van der Waals surface area contributed by atoms with Crippen LogP contribution in [0.3, 0.4) is 0 Å². The quantitative estimate of drug-likeness (QED) is 0.713. The average Bonchev–Trinajstić information content (AvgIpc) is 3.27. The molecule has 0 saturated carbocycles. The van der Waals surface area contributed by atoms with Gasteiger partial charge in [0, 0.05) is 32.1 Å². The number of halogens is 1. The molecule has 4 fully saturated rings. The van der Waals surface area contributed by atoms with Gasteiger partial charge in [-0.25, -0.2) is 0 Å². The van der Waals surface area contributed by atoms with Gasteiger partial charge in [0.05, 0.1) is 24.0 Å². The summed E-state index contributed by atoms with van der Waals surface area (Å²) >= 11 is 0. The Morgan fingerprint density at radius 2 is 1.77 bits per heavy atom. The molecule has 0 aromatic carbocycles. The molecule has 2 N–H and O–H groups in total. The molecule has 0 spiro atoms. The lowest BCUT2D eigenvalue weighted by atomic mass is 9.81. The molecule has 4 heterocycles. The Morgan fingerprint density at radius 1 is 1.15 bits per heavy atom. The Bertz CT molecular complexity index is 573. The van der Waals surface area contributed by atoms with Crippen LogP contribution in [-0.4, -0.2) is 65.4 Å². The molecule has 4 aliphatic rings. The van der Waals surface area contributed by atoms with Crippen LogP contribution in [-0.2, 0) is 19.1 Å². The Morgan fingerprint density at radius 3 is 2.35 bits per heavy atom. The molecule has 3 amide bonds. The Kier molecular flexibility index (Phi) is 5.61. The van der Waals surface area contributed by atoms with Crippen LogP contribution in [0.5, 0.6) is 0 Å². The summed E-state index contributed by atoms with van der Waals surface area (Å²) in [5, 5.41) is 0. The van der Waals surface area contributed by atoms with Gasteiger partial charge in [0.15, 0.2) is 0 Å². The third kappa shape index (κ3) is 3.04. The largest absolute Gasteiger partial charge is 0.373 e. The summed E-state index contributed by atoms with van der Waals surface area (Å²) in [5.41, 5.74) is 5.83. The van der Waals surface area contributed by atoms with Crippen LogP contribution < -0.4 is 5.73 Å². The Balaban J connectivity index is 0.00000196. The van der Waals surface area contributed by atoms with Crippen LogP contribution in [0.25, 0.3) is 0 Å². The van der Waals surface area contributed by atoms with Gasteiger partial charge in [0.2, 0.25) is 17.7 Å². The number of hydrogen-bond acceptors (Lipinski definition) is 5. The van der Waals surface area contributed by atoms with E-state index in [4.69, 9.17) is 10.5 Å². The molecule has 0 aromatic heterocycles. The molecular weight excluding hydrogens is 358 g/mol. The lowest BCUT2D eigenvalue weighted by Crippen LogP contribution is -2.50. The normalized spacial score (nSPS) is 38.5. The maximum absolute atomic E-state index is 12.6. The number of carbonyl (C=O) groups is 3. The van der Waals surface area contributed by atoms with Crippen molar-refractivity contribution in [2.45, 2.75) is 57.3 Å². The molecule has 4 aliphatic heterocycles. The zero-order valence-electron chi connectivity index (χ0n) is 15.1. The number of nitrogens with zero attached hydrogens (tertiary/aromatic N) is 2. The maximum Gasteiger partial charge on any atom is 0.235 e.